The summed E-state index contributed by atoms with van der Waals surface area (Å²) in [5, 5.41) is 0. The van der Waals surface area contributed by atoms with Crippen LogP contribution in [0.25, 0.3) is 0 Å². The number of hydrogen-bond donors (Lipinski definition) is 0. The lowest BCUT2D eigenvalue weighted by Crippen LogP contribution is -2.02. The summed E-state index contributed by atoms with van der Waals surface area (Å²) in [5.74, 6) is 0.711. The Morgan fingerprint density at radius 1 is 0.889 bits per heavy atom. The first kappa shape index (κ1) is 13.6. The standard InChI is InChI=1S/C17H27N/c1-15-12-13-18-17(14-15)16-10-8-6-4-2-3-5-7-9-11-16/h12-14,16H,2-11H2,1H3. The molecule has 1 nitrogen and oxygen atoms in total. The zero-order valence-electron chi connectivity index (χ0n) is 11.8. The Kier molecular flexibility index (Phi) is 5.70. The second-order valence-electron chi connectivity index (χ2n) is 5.86. The van der Waals surface area contributed by atoms with Crippen molar-refractivity contribution in [2.24, 2.45) is 0 Å². The Morgan fingerprint density at radius 3 is 2.00 bits per heavy atom. The van der Waals surface area contributed by atoms with Gasteiger partial charge >= 0.3 is 0 Å². The highest BCUT2D eigenvalue weighted by atomic mass is 14.7. The van der Waals surface area contributed by atoms with Crippen LogP contribution in [-0.4, -0.2) is 4.98 Å². The average Bonchev–Trinajstić information content (AvgIpc) is 2.43. The monoisotopic (exact) mass is 245 g/mol. The molecule has 0 radical (unpaired) electrons. The molecule has 2 rings (SSSR count). The molecule has 0 N–H and O–H groups in total. The summed E-state index contributed by atoms with van der Waals surface area (Å²) in [6.07, 6.45) is 16.1. The van der Waals surface area contributed by atoms with Gasteiger partial charge in [0.15, 0.2) is 0 Å². The molecule has 1 aromatic heterocycles. The molecule has 1 heteroatoms. The first-order chi connectivity index (χ1) is 8.86. The van der Waals surface area contributed by atoms with E-state index in [1.165, 1.54) is 75.5 Å². The van der Waals surface area contributed by atoms with Crippen LogP contribution in [0.5, 0.6) is 0 Å². The molecule has 100 valence electrons. The highest BCUT2D eigenvalue weighted by Crippen LogP contribution is 2.28. The van der Waals surface area contributed by atoms with E-state index in [2.05, 4.69) is 24.0 Å². The molecule has 0 aliphatic heterocycles. The van der Waals surface area contributed by atoms with Crippen LogP contribution in [0.4, 0.5) is 0 Å². The average molecular weight is 245 g/mol. The summed E-state index contributed by atoms with van der Waals surface area (Å²) in [7, 11) is 0. The minimum atomic E-state index is 0.711. The Morgan fingerprint density at radius 2 is 1.44 bits per heavy atom. The molecule has 0 saturated heterocycles. The van der Waals surface area contributed by atoms with Crippen molar-refractivity contribution in [2.45, 2.75) is 77.0 Å². The predicted molar refractivity (Wildman–Crippen MR) is 77.9 cm³/mol. The third kappa shape index (κ3) is 4.44. The van der Waals surface area contributed by atoms with Gasteiger partial charge in [0.2, 0.25) is 0 Å². The largest absolute Gasteiger partial charge is 0.261 e. The lowest BCUT2D eigenvalue weighted by molar-refractivity contribution is 0.505. The highest BCUT2D eigenvalue weighted by molar-refractivity contribution is 5.17. The van der Waals surface area contributed by atoms with Crippen LogP contribution in [0.3, 0.4) is 0 Å². The van der Waals surface area contributed by atoms with Crippen LogP contribution in [0.15, 0.2) is 18.3 Å². The van der Waals surface area contributed by atoms with Crippen molar-refractivity contribution in [3.8, 4) is 0 Å². The van der Waals surface area contributed by atoms with E-state index in [4.69, 9.17) is 0 Å². The fraction of sp³-hybridized carbons (Fsp3) is 0.706. The molecule has 18 heavy (non-hydrogen) atoms. The molecule has 1 aliphatic rings. The zero-order chi connectivity index (χ0) is 12.6. The minimum Gasteiger partial charge on any atom is -0.261 e. The number of pyridine rings is 1. The van der Waals surface area contributed by atoms with E-state index in [-0.39, 0.29) is 0 Å². The van der Waals surface area contributed by atoms with Crippen LogP contribution in [0.2, 0.25) is 0 Å². The topological polar surface area (TPSA) is 12.9 Å². The van der Waals surface area contributed by atoms with Crippen molar-refractivity contribution >= 4 is 0 Å². The maximum Gasteiger partial charge on any atom is 0.0437 e. The van der Waals surface area contributed by atoms with E-state index in [1.807, 2.05) is 6.20 Å². The SMILES string of the molecule is Cc1ccnc(C2CCCCCCCCCC2)c1. The smallest absolute Gasteiger partial charge is 0.0437 e. The van der Waals surface area contributed by atoms with Crippen molar-refractivity contribution in [2.75, 3.05) is 0 Å². The van der Waals surface area contributed by atoms with Gasteiger partial charge in [0, 0.05) is 17.8 Å². The van der Waals surface area contributed by atoms with E-state index >= 15 is 0 Å². The molecule has 0 spiro atoms. The normalized spacial score (nSPS) is 20.3. The lowest BCUT2D eigenvalue weighted by Gasteiger charge is -2.16. The third-order valence-corrected chi connectivity index (χ3v) is 4.21. The number of nitrogens with zero attached hydrogens (tertiary/aromatic N) is 1. The molecule has 0 aromatic carbocycles. The van der Waals surface area contributed by atoms with Crippen molar-refractivity contribution in [1.82, 2.24) is 4.98 Å². The van der Waals surface area contributed by atoms with Crippen molar-refractivity contribution in [3.63, 3.8) is 0 Å². The van der Waals surface area contributed by atoms with Crippen molar-refractivity contribution in [3.05, 3.63) is 29.6 Å². The van der Waals surface area contributed by atoms with Gasteiger partial charge in [-0.15, -0.1) is 0 Å². The van der Waals surface area contributed by atoms with E-state index in [9.17, 15) is 0 Å². The minimum absolute atomic E-state index is 0.711. The molecule has 1 saturated carbocycles. The van der Waals surface area contributed by atoms with Gasteiger partial charge in [-0.05, 0) is 37.5 Å². The van der Waals surface area contributed by atoms with Gasteiger partial charge in [0.05, 0.1) is 0 Å². The van der Waals surface area contributed by atoms with Crippen LogP contribution < -0.4 is 0 Å². The van der Waals surface area contributed by atoms with E-state index < -0.39 is 0 Å². The first-order valence-corrected chi connectivity index (χ1v) is 7.79. The second-order valence-corrected chi connectivity index (χ2v) is 5.86. The molecule has 1 heterocycles. The number of aryl methyl sites for hydroxylation is 1. The molecule has 0 unspecified atom stereocenters. The molecule has 1 aromatic rings. The van der Waals surface area contributed by atoms with Gasteiger partial charge in [-0.2, -0.15) is 0 Å². The summed E-state index contributed by atoms with van der Waals surface area (Å²) >= 11 is 0. The molecular formula is C17H27N. The fourth-order valence-electron chi connectivity index (χ4n) is 3.07. The van der Waals surface area contributed by atoms with Gasteiger partial charge in [-0.1, -0.05) is 51.4 Å². The lowest BCUT2D eigenvalue weighted by atomic mass is 9.91. The summed E-state index contributed by atoms with van der Waals surface area (Å²) in [5.41, 5.74) is 2.70. The fourth-order valence-corrected chi connectivity index (χ4v) is 3.07. The van der Waals surface area contributed by atoms with Crippen LogP contribution in [0.1, 0.15) is 81.4 Å². The zero-order valence-corrected chi connectivity index (χ0v) is 11.8. The van der Waals surface area contributed by atoms with E-state index in [0.717, 1.165) is 0 Å². The highest BCUT2D eigenvalue weighted by Gasteiger charge is 2.13. The quantitative estimate of drug-likeness (QED) is 0.646. The number of rotatable bonds is 1. The molecular weight excluding hydrogens is 218 g/mol. The van der Waals surface area contributed by atoms with Gasteiger partial charge in [-0.3, -0.25) is 4.98 Å². The molecule has 1 aliphatic carbocycles. The van der Waals surface area contributed by atoms with Gasteiger partial charge in [-0.25, -0.2) is 0 Å². The summed E-state index contributed by atoms with van der Waals surface area (Å²) in [6.45, 7) is 2.18. The van der Waals surface area contributed by atoms with Crippen LogP contribution in [0, 0.1) is 6.92 Å². The van der Waals surface area contributed by atoms with Crippen molar-refractivity contribution < 1.29 is 0 Å². The predicted octanol–water partition coefficient (Wildman–Crippen LogP) is 5.39. The molecule has 0 amide bonds. The van der Waals surface area contributed by atoms with Gasteiger partial charge < -0.3 is 0 Å². The summed E-state index contributed by atoms with van der Waals surface area (Å²) in [6, 6.07) is 4.40. The Hall–Kier alpha value is -0.850. The molecule has 0 atom stereocenters. The maximum atomic E-state index is 4.61. The Balaban J connectivity index is 1.98. The van der Waals surface area contributed by atoms with E-state index in [1.54, 1.807) is 0 Å². The molecule has 0 bridgehead atoms. The first-order valence-electron chi connectivity index (χ1n) is 7.79. The third-order valence-electron chi connectivity index (χ3n) is 4.21. The Labute approximate surface area is 112 Å². The maximum absolute atomic E-state index is 4.61. The van der Waals surface area contributed by atoms with Gasteiger partial charge in [0.1, 0.15) is 0 Å². The molecule has 1 fully saturated rings. The summed E-state index contributed by atoms with van der Waals surface area (Å²) < 4.78 is 0. The van der Waals surface area contributed by atoms with Crippen LogP contribution >= 0.6 is 0 Å². The van der Waals surface area contributed by atoms with Gasteiger partial charge in [0.25, 0.3) is 0 Å². The number of hydrogen-bond acceptors (Lipinski definition) is 1. The number of aromatic nitrogens is 1. The van der Waals surface area contributed by atoms with E-state index in [0.29, 0.717) is 5.92 Å². The Bertz CT molecular complexity index is 333. The van der Waals surface area contributed by atoms with Crippen molar-refractivity contribution in [1.29, 1.82) is 0 Å². The second kappa shape index (κ2) is 7.56. The van der Waals surface area contributed by atoms with Crippen LogP contribution in [-0.2, 0) is 0 Å². The summed E-state index contributed by atoms with van der Waals surface area (Å²) in [4.78, 5) is 4.61.